The highest BCUT2D eigenvalue weighted by atomic mass is 79.9. The number of carbonyl (C=O) groups excluding carboxylic acids is 1. The van der Waals surface area contributed by atoms with E-state index < -0.39 is 0 Å². The Kier molecular flexibility index (Phi) is 5.13. The van der Waals surface area contributed by atoms with Gasteiger partial charge in [-0.1, -0.05) is 46.3 Å². The number of amides is 2. The third kappa shape index (κ3) is 4.36. The molecule has 3 aromatic rings. The molecular weight excluding hydrogens is 368 g/mol. The number of hydrogen-bond acceptors (Lipinski definition) is 2. The molecule has 0 aliphatic carbocycles. The van der Waals surface area contributed by atoms with Gasteiger partial charge in [-0.3, -0.25) is 0 Å². The highest BCUT2D eigenvalue weighted by Crippen LogP contribution is 2.29. The molecule has 2 amide bonds. The van der Waals surface area contributed by atoms with E-state index in [4.69, 9.17) is 4.74 Å². The number of halogens is 1. The second-order valence-corrected chi connectivity index (χ2v) is 5.91. The predicted molar refractivity (Wildman–Crippen MR) is 99.7 cm³/mol. The van der Waals surface area contributed by atoms with Crippen molar-refractivity contribution in [3.63, 3.8) is 0 Å². The fourth-order valence-electron chi connectivity index (χ4n) is 2.09. The van der Waals surface area contributed by atoms with Crippen molar-refractivity contribution >= 4 is 33.3 Å². The molecule has 0 spiro atoms. The molecule has 5 heteroatoms. The lowest BCUT2D eigenvalue weighted by atomic mass is 10.3. The third-order valence-electron chi connectivity index (χ3n) is 3.21. The average molecular weight is 383 g/mol. The summed E-state index contributed by atoms with van der Waals surface area (Å²) in [4.78, 5) is 12.2. The average Bonchev–Trinajstić information content (AvgIpc) is 2.60. The molecule has 4 nitrogen and oxygen atoms in total. The van der Waals surface area contributed by atoms with Crippen LogP contribution in [0, 0.1) is 0 Å². The van der Waals surface area contributed by atoms with Gasteiger partial charge in [0.05, 0.1) is 5.69 Å². The fraction of sp³-hybridized carbons (Fsp3) is 0. The number of ether oxygens (including phenoxy) is 1. The molecule has 24 heavy (non-hydrogen) atoms. The largest absolute Gasteiger partial charge is 0.455 e. The first-order chi connectivity index (χ1) is 11.7. The Balaban J connectivity index is 1.70. The Hall–Kier alpha value is -2.79. The van der Waals surface area contributed by atoms with E-state index in [0.29, 0.717) is 22.9 Å². The molecule has 0 aromatic heterocycles. The Morgan fingerprint density at radius 3 is 2.21 bits per heavy atom. The van der Waals surface area contributed by atoms with Gasteiger partial charge in [-0.2, -0.15) is 0 Å². The first-order valence-corrected chi connectivity index (χ1v) is 8.15. The summed E-state index contributed by atoms with van der Waals surface area (Å²) in [5.74, 6) is 1.29. The standard InChI is InChI=1S/C19H15BrN2O2/c20-14-10-12-15(13-11-14)21-19(23)22-17-8-4-5-9-18(17)24-16-6-2-1-3-7-16/h1-13H,(H2,21,22,23). The topological polar surface area (TPSA) is 50.4 Å². The Morgan fingerprint density at radius 1 is 0.792 bits per heavy atom. The van der Waals surface area contributed by atoms with Gasteiger partial charge in [0.15, 0.2) is 5.75 Å². The smallest absolute Gasteiger partial charge is 0.323 e. The van der Waals surface area contributed by atoms with Crippen LogP contribution < -0.4 is 15.4 Å². The SMILES string of the molecule is O=C(Nc1ccc(Br)cc1)Nc1ccccc1Oc1ccccc1. The zero-order valence-corrected chi connectivity index (χ0v) is 14.3. The second-order valence-electron chi connectivity index (χ2n) is 5.00. The van der Waals surface area contributed by atoms with E-state index >= 15 is 0 Å². The summed E-state index contributed by atoms with van der Waals surface area (Å²) in [7, 11) is 0. The maximum absolute atomic E-state index is 12.2. The molecule has 0 aliphatic heterocycles. The van der Waals surface area contributed by atoms with Crippen LogP contribution in [0.15, 0.2) is 83.3 Å². The minimum atomic E-state index is -0.332. The molecule has 0 heterocycles. The molecule has 0 atom stereocenters. The summed E-state index contributed by atoms with van der Waals surface area (Å²) < 4.78 is 6.78. The van der Waals surface area contributed by atoms with Crippen molar-refractivity contribution in [2.45, 2.75) is 0 Å². The van der Waals surface area contributed by atoms with Crippen molar-refractivity contribution in [1.29, 1.82) is 0 Å². The van der Waals surface area contributed by atoms with Crippen LogP contribution in [0.5, 0.6) is 11.5 Å². The fourth-order valence-corrected chi connectivity index (χ4v) is 2.36. The summed E-state index contributed by atoms with van der Waals surface area (Å²) in [5.41, 5.74) is 1.30. The van der Waals surface area contributed by atoms with Gasteiger partial charge >= 0.3 is 6.03 Å². The molecule has 2 N–H and O–H groups in total. The van der Waals surface area contributed by atoms with Crippen molar-refractivity contribution in [2.75, 3.05) is 10.6 Å². The quantitative estimate of drug-likeness (QED) is 0.591. The second kappa shape index (κ2) is 7.66. The van der Waals surface area contributed by atoms with Gasteiger partial charge < -0.3 is 15.4 Å². The van der Waals surface area contributed by atoms with Crippen LogP contribution in [0.3, 0.4) is 0 Å². The molecule has 0 fully saturated rings. The number of anilines is 2. The lowest BCUT2D eigenvalue weighted by Crippen LogP contribution is -2.19. The van der Waals surface area contributed by atoms with Gasteiger partial charge in [0, 0.05) is 10.2 Å². The highest BCUT2D eigenvalue weighted by Gasteiger charge is 2.08. The molecule has 0 bridgehead atoms. The van der Waals surface area contributed by atoms with Crippen LogP contribution in [-0.2, 0) is 0 Å². The van der Waals surface area contributed by atoms with E-state index in [1.54, 1.807) is 6.07 Å². The van der Waals surface area contributed by atoms with Crippen molar-refractivity contribution < 1.29 is 9.53 Å². The number of nitrogens with one attached hydrogen (secondary N) is 2. The van der Waals surface area contributed by atoms with Gasteiger partial charge in [0.1, 0.15) is 5.75 Å². The van der Waals surface area contributed by atoms with E-state index in [1.165, 1.54) is 0 Å². The van der Waals surface area contributed by atoms with Gasteiger partial charge in [-0.15, -0.1) is 0 Å². The monoisotopic (exact) mass is 382 g/mol. The number of carbonyl (C=O) groups is 1. The number of benzene rings is 3. The summed E-state index contributed by atoms with van der Waals surface area (Å²) in [6.45, 7) is 0. The molecular formula is C19H15BrN2O2. The minimum absolute atomic E-state index is 0.332. The molecule has 3 rings (SSSR count). The number of urea groups is 1. The molecule has 0 unspecified atom stereocenters. The van der Waals surface area contributed by atoms with E-state index in [2.05, 4.69) is 26.6 Å². The first kappa shape index (κ1) is 16.1. The van der Waals surface area contributed by atoms with Gasteiger partial charge in [0.25, 0.3) is 0 Å². The number of para-hydroxylation sites is 3. The van der Waals surface area contributed by atoms with E-state index in [0.717, 1.165) is 4.47 Å². The van der Waals surface area contributed by atoms with Crippen molar-refractivity contribution in [1.82, 2.24) is 0 Å². The van der Waals surface area contributed by atoms with Crippen LogP contribution in [0.4, 0.5) is 16.2 Å². The van der Waals surface area contributed by atoms with Crippen molar-refractivity contribution in [3.05, 3.63) is 83.3 Å². The van der Waals surface area contributed by atoms with E-state index in [-0.39, 0.29) is 6.03 Å². The lowest BCUT2D eigenvalue weighted by Gasteiger charge is -2.13. The molecule has 120 valence electrons. The van der Waals surface area contributed by atoms with E-state index in [1.807, 2.05) is 72.8 Å². The van der Waals surface area contributed by atoms with Crippen LogP contribution in [-0.4, -0.2) is 6.03 Å². The zero-order chi connectivity index (χ0) is 16.8. The summed E-state index contributed by atoms with van der Waals surface area (Å²) in [6.07, 6.45) is 0. The predicted octanol–water partition coefficient (Wildman–Crippen LogP) is 5.89. The van der Waals surface area contributed by atoms with Gasteiger partial charge in [-0.25, -0.2) is 4.79 Å². The highest BCUT2D eigenvalue weighted by molar-refractivity contribution is 9.10. The molecule has 0 saturated carbocycles. The zero-order valence-electron chi connectivity index (χ0n) is 12.7. The normalized spacial score (nSPS) is 10.0. The summed E-state index contributed by atoms with van der Waals surface area (Å²) >= 11 is 3.36. The first-order valence-electron chi connectivity index (χ1n) is 7.36. The maximum atomic E-state index is 12.2. The summed E-state index contributed by atoms with van der Waals surface area (Å²) in [5, 5.41) is 5.59. The Bertz CT molecular complexity index is 820. The van der Waals surface area contributed by atoms with Crippen LogP contribution in [0.2, 0.25) is 0 Å². The molecule has 0 radical (unpaired) electrons. The minimum Gasteiger partial charge on any atom is -0.455 e. The number of hydrogen-bond donors (Lipinski definition) is 2. The van der Waals surface area contributed by atoms with Crippen LogP contribution in [0.1, 0.15) is 0 Å². The van der Waals surface area contributed by atoms with Crippen molar-refractivity contribution in [2.24, 2.45) is 0 Å². The molecule has 3 aromatic carbocycles. The summed E-state index contributed by atoms with van der Waals surface area (Å²) in [6, 6.07) is 23.7. The van der Waals surface area contributed by atoms with E-state index in [9.17, 15) is 4.79 Å². The number of rotatable bonds is 4. The maximum Gasteiger partial charge on any atom is 0.323 e. The van der Waals surface area contributed by atoms with Crippen LogP contribution in [0.25, 0.3) is 0 Å². The van der Waals surface area contributed by atoms with Gasteiger partial charge in [-0.05, 0) is 48.5 Å². The van der Waals surface area contributed by atoms with Crippen molar-refractivity contribution in [3.8, 4) is 11.5 Å². The Labute approximate surface area is 148 Å². The van der Waals surface area contributed by atoms with Crippen LogP contribution >= 0.6 is 15.9 Å². The van der Waals surface area contributed by atoms with Gasteiger partial charge in [0.2, 0.25) is 0 Å². The lowest BCUT2D eigenvalue weighted by molar-refractivity contribution is 0.262. The molecule has 0 saturated heterocycles. The Morgan fingerprint density at radius 2 is 1.46 bits per heavy atom. The molecule has 0 aliphatic rings. The third-order valence-corrected chi connectivity index (χ3v) is 3.74.